The lowest BCUT2D eigenvalue weighted by atomic mass is 9.93. The SMILES string of the molecule is Cc1c(Cc2ccccc2)cc([Si](Cl)(c2cc(Cc3ccccc3)c(C)c(Cc3ccccc3)c2)c2cc(Cc3ccccc3)c(C)c(Cc3ccccc3)c2)cc1Cc1ccccc1. The summed E-state index contributed by atoms with van der Waals surface area (Å²) in [6, 6.07) is 80.6. The molecule has 0 atom stereocenters. The predicted octanol–water partition coefficient (Wildman–Crippen LogP) is 13.4. The number of halogens is 1. The highest BCUT2D eigenvalue weighted by molar-refractivity contribution is 7.40. The first-order valence-corrected chi connectivity index (χ1v) is 26.1. The van der Waals surface area contributed by atoms with E-state index in [1.165, 1.54) is 99.0 Å². The van der Waals surface area contributed by atoms with Crippen LogP contribution in [0.3, 0.4) is 0 Å². The molecule has 0 saturated carbocycles. The summed E-state index contributed by atoms with van der Waals surface area (Å²) in [6.45, 7) is 6.96. The Kier molecular flexibility index (Phi) is 13.5. The number of hydrogen-bond acceptors (Lipinski definition) is 0. The van der Waals surface area contributed by atoms with Crippen LogP contribution in [0.4, 0.5) is 0 Å². The maximum Gasteiger partial charge on any atom is 0.248 e. The smallest absolute Gasteiger partial charge is 0.149 e. The van der Waals surface area contributed by atoms with Gasteiger partial charge in [0.15, 0.2) is 0 Å². The standard InChI is InChI=1S/C63H57ClSi/c1-46-55(34-49-22-10-4-11-23-49)40-61(41-56(46)35-50-24-12-5-13-25-50)65(64,62-42-57(36-51-26-14-6-15-27-51)47(2)58(43-62)37-52-28-16-7-17-29-52)63-44-59(38-53-30-18-8-19-31-53)48(3)60(45-63)39-54-32-20-9-21-33-54/h4-33,40-45H,34-39H2,1-3H3. The first kappa shape index (κ1) is 43.7. The normalized spacial score (nSPS) is 11.4. The Morgan fingerprint density at radius 2 is 0.415 bits per heavy atom. The van der Waals surface area contributed by atoms with E-state index in [0.717, 1.165) is 38.5 Å². The number of benzene rings is 9. The molecule has 0 radical (unpaired) electrons. The zero-order valence-corrected chi connectivity index (χ0v) is 39.7. The van der Waals surface area contributed by atoms with E-state index in [9.17, 15) is 0 Å². The van der Waals surface area contributed by atoms with Crippen LogP contribution in [0.15, 0.2) is 218 Å². The molecule has 0 amide bonds. The van der Waals surface area contributed by atoms with Crippen molar-refractivity contribution in [2.24, 2.45) is 0 Å². The van der Waals surface area contributed by atoms with Crippen LogP contribution in [-0.4, -0.2) is 7.38 Å². The zero-order chi connectivity index (χ0) is 44.6. The lowest BCUT2D eigenvalue weighted by molar-refractivity contribution is 1.09. The third kappa shape index (κ3) is 10.2. The van der Waals surface area contributed by atoms with Crippen molar-refractivity contribution in [3.63, 3.8) is 0 Å². The minimum Gasteiger partial charge on any atom is -0.149 e. The highest BCUT2D eigenvalue weighted by Crippen LogP contribution is 2.29. The number of hydrogen-bond donors (Lipinski definition) is 0. The summed E-state index contributed by atoms with van der Waals surface area (Å²) >= 11 is 9.06. The molecular weight excluding hydrogens is 820 g/mol. The summed E-state index contributed by atoms with van der Waals surface area (Å²) in [7, 11) is -3.37. The van der Waals surface area contributed by atoms with Gasteiger partial charge in [0.25, 0.3) is 0 Å². The van der Waals surface area contributed by atoms with E-state index in [1.807, 2.05) is 0 Å². The van der Waals surface area contributed by atoms with Crippen molar-refractivity contribution in [2.75, 3.05) is 0 Å². The molecule has 0 aliphatic rings. The monoisotopic (exact) mass is 876 g/mol. The van der Waals surface area contributed by atoms with Gasteiger partial charge in [0.05, 0.1) is 0 Å². The van der Waals surface area contributed by atoms with Gasteiger partial charge in [0, 0.05) is 0 Å². The van der Waals surface area contributed by atoms with E-state index in [4.69, 9.17) is 11.1 Å². The second-order valence-electron chi connectivity index (χ2n) is 17.9. The van der Waals surface area contributed by atoms with Crippen molar-refractivity contribution >= 4 is 34.0 Å². The Morgan fingerprint density at radius 1 is 0.262 bits per heavy atom. The highest BCUT2D eigenvalue weighted by atomic mass is 35.6. The summed E-state index contributed by atoms with van der Waals surface area (Å²) in [5, 5.41) is 3.71. The molecule has 0 spiro atoms. The minimum absolute atomic E-state index is 0.836. The fourth-order valence-corrected chi connectivity index (χ4v) is 13.8. The van der Waals surface area contributed by atoms with Crippen molar-refractivity contribution in [3.05, 3.63) is 302 Å². The lowest BCUT2D eigenvalue weighted by Gasteiger charge is -2.32. The van der Waals surface area contributed by atoms with Gasteiger partial charge in [0.2, 0.25) is 7.38 Å². The van der Waals surface area contributed by atoms with Crippen LogP contribution in [-0.2, 0) is 38.5 Å². The average molecular weight is 878 g/mol. The van der Waals surface area contributed by atoms with Gasteiger partial charge < -0.3 is 0 Å². The molecule has 2 heteroatoms. The molecule has 0 N–H and O–H groups in total. The molecule has 0 fully saturated rings. The van der Waals surface area contributed by atoms with Crippen LogP contribution in [0.2, 0.25) is 0 Å². The van der Waals surface area contributed by atoms with Gasteiger partial charge in [-0.3, -0.25) is 0 Å². The van der Waals surface area contributed by atoms with Gasteiger partial charge >= 0.3 is 0 Å². The van der Waals surface area contributed by atoms with Crippen molar-refractivity contribution in [1.82, 2.24) is 0 Å². The third-order valence-corrected chi connectivity index (χ3v) is 18.7. The van der Waals surface area contributed by atoms with Crippen LogP contribution >= 0.6 is 11.1 Å². The Labute approximate surface area is 393 Å². The lowest BCUT2D eigenvalue weighted by Crippen LogP contribution is -2.63. The van der Waals surface area contributed by atoms with Crippen LogP contribution < -0.4 is 15.6 Å². The summed E-state index contributed by atoms with van der Waals surface area (Å²) in [4.78, 5) is 0. The Hall–Kier alpha value is -6.51. The summed E-state index contributed by atoms with van der Waals surface area (Å²) in [5.74, 6) is 0. The minimum atomic E-state index is -3.37. The molecule has 0 heterocycles. The van der Waals surface area contributed by atoms with E-state index in [1.54, 1.807) is 0 Å². The van der Waals surface area contributed by atoms with Gasteiger partial charge in [-0.2, -0.15) is 0 Å². The summed E-state index contributed by atoms with van der Waals surface area (Å²) < 4.78 is 0. The first-order valence-electron chi connectivity index (χ1n) is 23.1. The second kappa shape index (κ2) is 20.1. The van der Waals surface area contributed by atoms with Crippen LogP contribution in [0, 0.1) is 20.8 Å². The van der Waals surface area contributed by atoms with Gasteiger partial charge in [-0.25, -0.2) is 0 Å². The Morgan fingerprint density at radius 3 is 0.569 bits per heavy atom. The van der Waals surface area contributed by atoms with Crippen molar-refractivity contribution in [1.29, 1.82) is 0 Å². The molecule has 9 aromatic rings. The summed E-state index contributed by atoms with van der Waals surface area (Å²) in [6.07, 6.45) is 5.01. The molecule has 9 rings (SSSR count). The van der Waals surface area contributed by atoms with E-state index >= 15 is 0 Å². The van der Waals surface area contributed by atoms with E-state index in [0.29, 0.717) is 0 Å². The fraction of sp³-hybridized carbons (Fsp3) is 0.143. The number of rotatable bonds is 15. The first-order chi connectivity index (χ1) is 31.8. The van der Waals surface area contributed by atoms with Gasteiger partial charge in [-0.15, -0.1) is 11.1 Å². The van der Waals surface area contributed by atoms with Crippen molar-refractivity contribution in [3.8, 4) is 0 Å². The maximum atomic E-state index is 9.06. The van der Waals surface area contributed by atoms with Gasteiger partial charge in [-0.1, -0.05) is 218 Å². The van der Waals surface area contributed by atoms with Crippen LogP contribution in [0.5, 0.6) is 0 Å². The molecule has 0 bridgehead atoms. The maximum absolute atomic E-state index is 9.06. The molecule has 65 heavy (non-hydrogen) atoms. The second-order valence-corrected chi connectivity index (χ2v) is 22.6. The van der Waals surface area contributed by atoms with Crippen LogP contribution in [0.25, 0.3) is 0 Å². The van der Waals surface area contributed by atoms with E-state index in [-0.39, 0.29) is 0 Å². The molecule has 0 aromatic heterocycles. The van der Waals surface area contributed by atoms with Crippen molar-refractivity contribution in [2.45, 2.75) is 59.3 Å². The van der Waals surface area contributed by atoms with Crippen molar-refractivity contribution < 1.29 is 0 Å². The molecule has 0 saturated heterocycles. The molecular formula is C63H57ClSi. The Bertz CT molecular complexity index is 2470. The quantitative estimate of drug-likeness (QED) is 0.0547. The van der Waals surface area contributed by atoms with E-state index in [2.05, 4.69) is 239 Å². The fourth-order valence-electron chi connectivity index (χ4n) is 9.61. The average Bonchev–Trinajstić information content (AvgIpc) is 3.34. The molecule has 0 aliphatic heterocycles. The molecule has 0 unspecified atom stereocenters. The molecule has 0 aliphatic carbocycles. The molecule has 320 valence electrons. The topological polar surface area (TPSA) is 0 Å². The zero-order valence-electron chi connectivity index (χ0n) is 37.9. The van der Waals surface area contributed by atoms with Gasteiger partial charge in [0.1, 0.15) is 0 Å². The summed E-state index contributed by atoms with van der Waals surface area (Å²) in [5.41, 5.74) is 19.8. The van der Waals surface area contributed by atoms with Crippen LogP contribution in [0.1, 0.15) is 83.5 Å². The predicted molar refractivity (Wildman–Crippen MR) is 280 cm³/mol. The Balaban J connectivity index is 1.33. The van der Waals surface area contributed by atoms with E-state index < -0.39 is 7.38 Å². The highest BCUT2D eigenvalue weighted by Gasteiger charge is 2.40. The third-order valence-electron chi connectivity index (χ3n) is 13.5. The van der Waals surface area contributed by atoms with Gasteiger partial charge in [-0.05, 0) is 158 Å². The largest absolute Gasteiger partial charge is 0.248 e. The molecule has 9 aromatic carbocycles. The molecule has 0 nitrogen and oxygen atoms in total.